The maximum atomic E-state index is 6.15. The van der Waals surface area contributed by atoms with E-state index in [4.69, 9.17) is 8.83 Å². The van der Waals surface area contributed by atoms with Crippen LogP contribution < -0.4 is 4.90 Å². The Morgan fingerprint density at radius 2 is 0.709 bits per heavy atom. The van der Waals surface area contributed by atoms with Crippen LogP contribution >= 0.6 is 0 Å². The lowest BCUT2D eigenvalue weighted by Gasteiger charge is -2.26. The summed E-state index contributed by atoms with van der Waals surface area (Å²) >= 11 is 0. The minimum Gasteiger partial charge on any atom is -0.456 e. The standard InChI is InChI=1S/C52H33NO2/c1-2-9-37-30-39(17-16-34(37)8-1)35-18-24-42(25-19-35)53(43-26-20-36(21-27-43)40-22-28-51-47(32-40)45-12-3-5-14-49(45)54-51)44-11-7-10-38(31-44)41-23-29-52-48(33-41)46-13-4-6-15-50(46)55-52/h1-33H. The van der Waals surface area contributed by atoms with Gasteiger partial charge in [0, 0.05) is 38.6 Å². The van der Waals surface area contributed by atoms with Crippen molar-refractivity contribution >= 4 is 71.7 Å². The van der Waals surface area contributed by atoms with E-state index in [0.29, 0.717) is 0 Å². The van der Waals surface area contributed by atoms with E-state index in [2.05, 4.69) is 181 Å². The molecule has 55 heavy (non-hydrogen) atoms. The molecule has 0 spiro atoms. The second-order valence-corrected chi connectivity index (χ2v) is 14.2. The summed E-state index contributed by atoms with van der Waals surface area (Å²) in [6.07, 6.45) is 0. The van der Waals surface area contributed by atoms with Gasteiger partial charge in [-0.25, -0.2) is 0 Å². The lowest BCUT2D eigenvalue weighted by molar-refractivity contribution is 0.668. The average Bonchev–Trinajstić information content (AvgIpc) is 3.82. The third kappa shape index (κ3) is 5.45. The van der Waals surface area contributed by atoms with E-state index in [0.717, 1.165) is 83.2 Å². The predicted molar refractivity (Wildman–Crippen MR) is 229 cm³/mol. The molecule has 0 bridgehead atoms. The molecule has 0 aliphatic heterocycles. The van der Waals surface area contributed by atoms with Crippen molar-refractivity contribution in [3.8, 4) is 33.4 Å². The van der Waals surface area contributed by atoms with E-state index >= 15 is 0 Å². The lowest BCUT2D eigenvalue weighted by Crippen LogP contribution is -2.10. The molecule has 2 aromatic heterocycles. The monoisotopic (exact) mass is 703 g/mol. The van der Waals surface area contributed by atoms with Gasteiger partial charge in [0.25, 0.3) is 0 Å². The van der Waals surface area contributed by atoms with Crippen LogP contribution in [0, 0.1) is 0 Å². The third-order valence-electron chi connectivity index (χ3n) is 10.9. The summed E-state index contributed by atoms with van der Waals surface area (Å²) in [5.74, 6) is 0. The summed E-state index contributed by atoms with van der Waals surface area (Å²) in [5.41, 5.74) is 13.8. The summed E-state index contributed by atoms with van der Waals surface area (Å²) in [4.78, 5) is 2.34. The summed E-state index contributed by atoms with van der Waals surface area (Å²) in [6, 6.07) is 71.2. The van der Waals surface area contributed by atoms with E-state index < -0.39 is 0 Å². The van der Waals surface area contributed by atoms with Crippen LogP contribution in [-0.4, -0.2) is 0 Å². The number of rotatable bonds is 6. The average molecular weight is 704 g/mol. The van der Waals surface area contributed by atoms with Crippen LogP contribution in [0.3, 0.4) is 0 Å². The molecule has 11 aromatic rings. The van der Waals surface area contributed by atoms with Gasteiger partial charge in [-0.3, -0.25) is 0 Å². The van der Waals surface area contributed by atoms with Crippen molar-refractivity contribution in [2.24, 2.45) is 0 Å². The van der Waals surface area contributed by atoms with Gasteiger partial charge in [-0.15, -0.1) is 0 Å². The highest BCUT2D eigenvalue weighted by Crippen LogP contribution is 2.40. The van der Waals surface area contributed by atoms with Crippen molar-refractivity contribution in [3.63, 3.8) is 0 Å². The Kier molecular flexibility index (Phi) is 7.17. The molecule has 0 N–H and O–H groups in total. The smallest absolute Gasteiger partial charge is 0.135 e. The van der Waals surface area contributed by atoms with E-state index in [-0.39, 0.29) is 0 Å². The molecule has 0 amide bonds. The van der Waals surface area contributed by atoms with Crippen LogP contribution in [0.25, 0.3) is 88.0 Å². The Bertz CT molecular complexity index is 3200. The molecule has 0 fully saturated rings. The number of hydrogen-bond acceptors (Lipinski definition) is 3. The largest absolute Gasteiger partial charge is 0.456 e. The molecule has 0 atom stereocenters. The molecule has 9 aromatic carbocycles. The molecule has 3 nitrogen and oxygen atoms in total. The molecule has 0 saturated carbocycles. The van der Waals surface area contributed by atoms with E-state index in [1.54, 1.807) is 0 Å². The van der Waals surface area contributed by atoms with Gasteiger partial charge in [-0.2, -0.15) is 0 Å². The molecule has 0 aliphatic carbocycles. The lowest BCUT2D eigenvalue weighted by atomic mass is 10.00. The van der Waals surface area contributed by atoms with Crippen molar-refractivity contribution < 1.29 is 8.83 Å². The van der Waals surface area contributed by atoms with Gasteiger partial charge < -0.3 is 13.7 Å². The molecule has 0 aliphatic rings. The van der Waals surface area contributed by atoms with Crippen LogP contribution in [0.2, 0.25) is 0 Å². The van der Waals surface area contributed by atoms with Gasteiger partial charge >= 0.3 is 0 Å². The van der Waals surface area contributed by atoms with E-state index in [9.17, 15) is 0 Å². The summed E-state index contributed by atoms with van der Waals surface area (Å²) < 4.78 is 12.3. The van der Waals surface area contributed by atoms with E-state index in [1.165, 1.54) is 21.9 Å². The van der Waals surface area contributed by atoms with Gasteiger partial charge in [0.05, 0.1) is 0 Å². The summed E-state index contributed by atoms with van der Waals surface area (Å²) in [6.45, 7) is 0. The Hall–Kier alpha value is -7.36. The molecule has 2 heterocycles. The first-order valence-corrected chi connectivity index (χ1v) is 18.6. The zero-order valence-corrected chi connectivity index (χ0v) is 29.8. The summed E-state index contributed by atoms with van der Waals surface area (Å²) in [5, 5.41) is 7.00. The first-order valence-electron chi connectivity index (χ1n) is 18.6. The van der Waals surface area contributed by atoms with Crippen LogP contribution in [-0.2, 0) is 0 Å². The van der Waals surface area contributed by atoms with Crippen LogP contribution in [0.1, 0.15) is 0 Å². The third-order valence-corrected chi connectivity index (χ3v) is 10.9. The van der Waals surface area contributed by atoms with Crippen molar-refractivity contribution in [2.75, 3.05) is 4.90 Å². The minimum absolute atomic E-state index is 0.898. The highest BCUT2D eigenvalue weighted by molar-refractivity contribution is 6.07. The quantitative estimate of drug-likeness (QED) is 0.173. The van der Waals surface area contributed by atoms with Crippen molar-refractivity contribution in [1.82, 2.24) is 0 Å². The zero-order valence-electron chi connectivity index (χ0n) is 29.8. The maximum absolute atomic E-state index is 6.15. The number of hydrogen-bond donors (Lipinski definition) is 0. The highest BCUT2D eigenvalue weighted by Gasteiger charge is 2.16. The minimum atomic E-state index is 0.898. The Labute approximate surface area is 317 Å². The first kappa shape index (κ1) is 31.2. The fourth-order valence-corrected chi connectivity index (χ4v) is 8.06. The normalized spacial score (nSPS) is 11.6. The Balaban J connectivity index is 1.000. The van der Waals surface area contributed by atoms with Crippen molar-refractivity contribution in [1.29, 1.82) is 0 Å². The second-order valence-electron chi connectivity index (χ2n) is 14.2. The SMILES string of the molecule is c1cc(-c2ccc3oc4ccccc4c3c2)cc(N(c2ccc(-c3ccc4ccccc4c3)cc2)c2ccc(-c3ccc4oc5ccccc5c4c3)cc2)c1. The van der Waals surface area contributed by atoms with Crippen LogP contribution in [0.5, 0.6) is 0 Å². The molecular weight excluding hydrogens is 671 g/mol. The fraction of sp³-hybridized carbons (Fsp3) is 0. The molecule has 0 radical (unpaired) electrons. The fourth-order valence-electron chi connectivity index (χ4n) is 8.06. The van der Waals surface area contributed by atoms with Crippen LogP contribution in [0.15, 0.2) is 209 Å². The van der Waals surface area contributed by atoms with Gasteiger partial charge in [-0.05, 0) is 123 Å². The number of anilines is 3. The van der Waals surface area contributed by atoms with E-state index in [1.807, 2.05) is 24.3 Å². The Morgan fingerprint density at radius 1 is 0.255 bits per heavy atom. The van der Waals surface area contributed by atoms with Gasteiger partial charge in [-0.1, -0.05) is 121 Å². The molecule has 0 unspecified atom stereocenters. The highest BCUT2D eigenvalue weighted by atomic mass is 16.3. The van der Waals surface area contributed by atoms with Gasteiger partial charge in [0.1, 0.15) is 22.3 Å². The topological polar surface area (TPSA) is 29.5 Å². The van der Waals surface area contributed by atoms with Crippen LogP contribution in [0.4, 0.5) is 17.1 Å². The van der Waals surface area contributed by atoms with Gasteiger partial charge in [0.2, 0.25) is 0 Å². The zero-order chi connectivity index (χ0) is 36.3. The number of nitrogens with zero attached hydrogens (tertiary/aromatic N) is 1. The maximum Gasteiger partial charge on any atom is 0.135 e. The second kappa shape index (κ2) is 12.6. The molecular formula is C52H33NO2. The van der Waals surface area contributed by atoms with Gasteiger partial charge in [0.15, 0.2) is 0 Å². The molecule has 258 valence electrons. The number of fused-ring (bicyclic) bond motifs is 7. The first-order chi connectivity index (χ1) is 27.2. The number of benzene rings is 9. The number of para-hydroxylation sites is 2. The molecule has 0 saturated heterocycles. The van der Waals surface area contributed by atoms with Crippen molar-refractivity contribution in [3.05, 3.63) is 200 Å². The molecule has 11 rings (SSSR count). The predicted octanol–water partition coefficient (Wildman–Crippen LogP) is 15.1. The number of furan rings is 2. The Morgan fingerprint density at radius 3 is 1.33 bits per heavy atom. The molecule has 3 heteroatoms. The van der Waals surface area contributed by atoms with Crippen molar-refractivity contribution in [2.45, 2.75) is 0 Å². The summed E-state index contributed by atoms with van der Waals surface area (Å²) in [7, 11) is 0.